The quantitative estimate of drug-likeness (QED) is 0.317. The van der Waals surface area contributed by atoms with Gasteiger partial charge in [-0.2, -0.15) is 10.5 Å². The number of nitrogens with two attached hydrogens (primary N) is 1. The Morgan fingerprint density at radius 3 is 2.11 bits per heavy atom. The molecule has 9 nitrogen and oxygen atoms in total. The van der Waals surface area contributed by atoms with Gasteiger partial charge < -0.3 is 26.2 Å². The monoisotopic (exact) mass is 485 g/mol. The van der Waals surface area contributed by atoms with Crippen molar-refractivity contribution < 1.29 is 20.9 Å². The Labute approximate surface area is 210 Å². The number of amides is 3. The van der Waals surface area contributed by atoms with Crippen LogP contribution < -0.4 is 21.1 Å². The topological polar surface area (TPSA) is 161 Å². The number of rotatable bonds is 7. The van der Waals surface area contributed by atoms with Crippen LogP contribution in [0.5, 0.6) is 5.75 Å². The van der Waals surface area contributed by atoms with Crippen LogP contribution in [0.25, 0.3) is 0 Å². The van der Waals surface area contributed by atoms with Gasteiger partial charge in [0, 0.05) is 25.3 Å². The van der Waals surface area contributed by atoms with E-state index in [2.05, 4.69) is 36.3 Å². The zero-order valence-corrected chi connectivity index (χ0v) is 21.2. The first-order valence-electron chi connectivity index (χ1n) is 11.4. The summed E-state index contributed by atoms with van der Waals surface area (Å²) in [7, 11) is 1.49. The van der Waals surface area contributed by atoms with Crippen molar-refractivity contribution in [3.05, 3.63) is 53.6 Å². The summed E-state index contributed by atoms with van der Waals surface area (Å²) in [6.07, 6.45) is 3.60. The van der Waals surface area contributed by atoms with Gasteiger partial charge in [0.15, 0.2) is 0 Å². The number of hydrogen-bond acceptors (Lipinski definition) is 5. The van der Waals surface area contributed by atoms with Crippen molar-refractivity contribution in [2.75, 3.05) is 17.7 Å². The number of hydrogen-bond donors (Lipinski definition) is 4. The highest BCUT2D eigenvalue weighted by molar-refractivity contribution is 5.99. The maximum atomic E-state index is 12.1. The Morgan fingerprint density at radius 2 is 1.66 bits per heavy atom. The van der Waals surface area contributed by atoms with Crippen molar-refractivity contribution in [3.63, 3.8) is 0 Å². The van der Waals surface area contributed by atoms with Gasteiger partial charge in [0.25, 0.3) is 0 Å². The van der Waals surface area contributed by atoms with E-state index >= 15 is 0 Å². The van der Waals surface area contributed by atoms with Crippen molar-refractivity contribution >= 4 is 23.5 Å². The van der Waals surface area contributed by atoms with Gasteiger partial charge in [-0.25, -0.2) is 9.59 Å². The van der Waals surface area contributed by atoms with Crippen LogP contribution in [0.15, 0.2) is 42.5 Å². The maximum absolute atomic E-state index is 12.1. The number of nitrogens with one attached hydrogen (secondary N) is 2. The molecule has 0 radical (unpaired) electrons. The van der Waals surface area contributed by atoms with Crippen molar-refractivity contribution in [1.82, 2.24) is 0 Å². The fourth-order valence-electron chi connectivity index (χ4n) is 2.50. The fourth-order valence-corrected chi connectivity index (χ4v) is 2.50. The molecule has 2 aromatic rings. The van der Waals surface area contributed by atoms with Gasteiger partial charge >= 0.3 is 12.1 Å². The van der Waals surface area contributed by atoms with E-state index in [1.807, 2.05) is 44.2 Å². The van der Waals surface area contributed by atoms with Crippen LogP contribution in [0.3, 0.4) is 0 Å². The smallest absolute Gasteiger partial charge is 0.402 e. The number of urea groups is 1. The number of nitrogens with zero attached hydrogens (tertiary/aromatic N) is 2. The molecular formula is C26H39N5O4. The largest absolute Gasteiger partial charge is 0.495 e. The standard InChI is InChI=1S/C18H19N3O2.C5H9N.C2H6.CH3NO2.H2/c1-3-5-13-6-4-7-15(10-13)20-18(22)21-16-9-8-14(12-19)17(11-16)23-2;1-2-3-4-5-6;1-2;2-1(3)4;/h4,6-11H,3,5H2,1-2H3,(H2,20,21,22);2-4H2,1H3;1-2H3;2H2,(H,3,4);1H. The minimum absolute atomic E-state index is 0. The Kier molecular flexibility index (Phi) is 20.3. The number of unbranched alkanes of at least 4 members (excludes halogenated alkanes) is 2. The van der Waals surface area contributed by atoms with Crippen LogP contribution in [-0.2, 0) is 6.42 Å². The molecular weight excluding hydrogens is 446 g/mol. The van der Waals surface area contributed by atoms with E-state index < -0.39 is 6.09 Å². The molecule has 0 aliphatic heterocycles. The average molecular weight is 486 g/mol. The van der Waals surface area contributed by atoms with E-state index in [-0.39, 0.29) is 7.46 Å². The molecule has 2 aromatic carbocycles. The lowest BCUT2D eigenvalue weighted by Crippen LogP contribution is -2.19. The normalized spacial score (nSPS) is 8.54. The summed E-state index contributed by atoms with van der Waals surface area (Å²) in [6.45, 7) is 8.20. The number of carboxylic acid groups (broad SMARTS) is 1. The summed E-state index contributed by atoms with van der Waals surface area (Å²) >= 11 is 0. The average Bonchev–Trinajstić information content (AvgIpc) is 2.84. The number of primary amides is 1. The van der Waals surface area contributed by atoms with E-state index in [4.69, 9.17) is 25.2 Å². The van der Waals surface area contributed by atoms with Crippen LogP contribution in [0.4, 0.5) is 21.0 Å². The maximum Gasteiger partial charge on any atom is 0.402 e. The SMILES string of the molecule is CC.CCCCC#N.CCCc1cccc(NC(=O)Nc2ccc(C#N)c(OC)c2)c1.NC(=O)O.[HH]. The van der Waals surface area contributed by atoms with E-state index in [1.165, 1.54) is 12.7 Å². The molecule has 0 saturated heterocycles. The Bertz CT molecular complexity index is 968. The minimum atomic E-state index is -1.33. The zero-order chi connectivity index (χ0) is 27.1. The van der Waals surface area contributed by atoms with Crippen LogP contribution in [0, 0.1) is 22.7 Å². The number of carbonyl (C=O) groups excluding carboxylic acids is 1. The third-order valence-electron chi connectivity index (χ3n) is 3.95. The molecule has 0 unspecified atom stereocenters. The van der Waals surface area contributed by atoms with Gasteiger partial charge in [-0.1, -0.05) is 52.7 Å². The summed E-state index contributed by atoms with van der Waals surface area (Å²) < 4.78 is 5.13. The summed E-state index contributed by atoms with van der Waals surface area (Å²) in [5, 5.41) is 29.6. The van der Waals surface area contributed by atoms with Crippen LogP contribution in [0.2, 0.25) is 0 Å². The molecule has 0 aliphatic carbocycles. The van der Waals surface area contributed by atoms with Crippen molar-refractivity contribution in [2.24, 2.45) is 5.73 Å². The number of benzene rings is 2. The molecule has 0 atom stereocenters. The number of methoxy groups -OCH3 is 1. The van der Waals surface area contributed by atoms with E-state index in [9.17, 15) is 4.79 Å². The molecule has 3 amide bonds. The van der Waals surface area contributed by atoms with E-state index in [0.717, 1.165) is 37.8 Å². The lowest BCUT2D eigenvalue weighted by Gasteiger charge is -2.10. The second-order valence-electron chi connectivity index (χ2n) is 6.66. The number of aryl methyl sites for hydroxylation is 1. The highest BCUT2D eigenvalue weighted by Crippen LogP contribution is 2.22. The molecule has 0 heterocycles. The first kappa shape index (κ1) is 32.9. The van der Waals surface area contributed by atoms with Crippen LogP contribution in [-0.4, -0.2) is 24.3 Å². The highest BCUT2D eigenvalue weighted by atomic mass is 16.5. The number of anilines is 2. The first-order chi connectivity index (χ1) is 16.8. The predicted octanol–water partition coefficient (Wildman–Crippen LogP) is 6.76. The summed E-state index contributed by atoms with van der Waals surface area (Å²) in [5.41, 5.74) is 6.94. The summed E-state index contributed by atoms with van der Waals surface area (Å²) in [4.78, 5) is 20.9. The molecule has 0 bridgehead atoms. The lowest BCUT2D eigenvalue weighted by molar-refractivity contribution is 0.205. The molecule has 192 valence electrons. The second-order valence-corrected chi connectivity index (χ2v) is 6.66. The fraction of sp³-hybridized carbons (Fsp3) is 0.385. The molecule has 0 fully saturated rings. The molecule has 0 aromatic heterocycles. The summed E-state index contributed by atoms with van der Waals surface area (Å²) in [6, 6.07) is 16.4. The van der Waals surface area contributed by atoms with E-state index in [1.54, 1.807) is 18.2 Å². The molecule has 9 heteroatoms. The predicted molar refractivity (Wildman–Crippen MR) is 142 cm³/mol. The Balaban J connectivity index is -0.000000705. The van der Waals surface area contributed by atoms with Crippen molar-refractivity contribution in [1.29, 1.82) is 10.5 Å². The second kappa shape index (κ2) is 21.6. The molecule has 0 aliphatic rings. The molecule has 5 N–H and O–H groups in total. The minimum Gasteiger partial charge on any atom is -0.495 e. The van der Waals surface area contributed by atoms with Crippen LogP contribution in [0.1, 0.15) is 65.9 Å². The lowest BCUT2D eigenvalue weighted by atomic mass is 10.1. The Morgan fingerprint density at radius 1 is 1.06 bits per heavy atom. The van der Waals surface area contributed by atoms with Crippen LogP contribution >= 0.6 is 0 Å². The van der Waals surface area contributed by atoms with Gasteiger partial charge in [0.05, 0.1) is 18.7 Å². The van der Waals surface area contributed by atoms with Gasteiger partial charge in [0.1, 0.15) is 11.8 Å². The summed E-state index contributed by atoms with van der Waals surface area (Å²) in [5.74, 6) is 0.426. The van der Waals surface area contributed by atoms with Gasteiger partial charge in [-0.3, -0.25) is 0 Å². The van der Waals surface area contributed by atoms with Crippen molar-refractivity contribution in [3.8, 4) is 17.9 Å². The molecule has 0 saturated carbocycles. The number of carbonyl (C=O) groups is 2. The van der Waals surface area contributed by atoms with Gasteiger partial charge in [-0.05, 0) is 42.7 Å². The number of nitriles is 2. The zero-order valence-electron chi connectivity index (χ0n) is 21.2. The molecule has 35 heavy (non-hydrogen) atoms. The first-order valence-corrected chi connectivity index (χ1v) is 11.4. The van der Waals surface area contributed by atoms with Crippen molar-refractivity contribution in [2.45, 2.75) is 59.8 Å². The Hall–Kier alpha value is -4.24. The molecule has 2 rings (SSSR count). The third-order valence-corrected chi connectivity index (χ3v) is 3.95. The third kappa shape index (κ3) is 17.0. The number of ether oxygens (including phenoxy) is 1. The highest BCUT2D eigenvalue weighted by Gasteiger charge is 2.07. The van der Waals surface area contributed by atoms with E-state index in [0.29, 0.717) is 17.0 Å². The molecule has 0 spiro atoms. The van der Waals surface area contributed by atoms with Gasteiger partial charge in [0.2, 0.25) is 0 Å². The van der Waals surface area contributed by atoms with Gasteiger partial charge in [-0.15, -0.1) is 0 Å².